The maximum Gasteiger partial charge on any atom is 0.0662 e. The average Bonchev–Trinajstić information content (AvgIpc) is 1.65. The lowest BCUT2D eigenvalue weighted by Crippen LogP contribution is -2.31. The maximum absolute atomic E-state index is 8.70. The van der Waals surface area contributed by atoms with Crippen LogP contribution in [0.5, 0.6) is 0 Å². The molecule has 0 rings (SSSR count). The van der Waals surface area contributed by atoms with E-state index in [0.29, 0.717) is 0 Å². The van der Waals surface area contributed by atoms with Crippen molar-refractivity contribution in [2.24, 2.45) is 5.73 Å². The Balaban J connectivity index is 0. The van der Waals surface area contributed by atoms with Gasteiger partial charge < -0.3 is 17.0 Å². The summed E-state index contributed by atoms with van der Waals surface area (Å²) in [7, 11) is 0. The van der Waals surface area contributed by atoms with Crippen LogP contribution in [0.4, 0.5) is 0 Å². The van der Waals surface area contributed by atoms with Gasteiger partial charge in [-0.2, -0.15) is 0 Å². The van der Waals surface area contributed by atoms with Gasteiger partial charge in [0.2, 0.25) is 0 Å². The second kappa shape index (κ2) is 5.03. The van der Waals surface area contributed by atoms with E-state index in [2.05, 4.69) is 0 Å². The third-order valence-corrected chi connectivity index (χ3v) is 1.09. The van der Waals surface area contributed by atoms with Gasteiger partial charge in [-0.05, 0) is 13.3 Å². The van der Waals surface area contributed by atoms with Crippen molar-refractivity contribution in [2.75, 3.05) is 0 Å². The molecule has 3 heteroatoms. The molecular formula is C5H16N2O. The van der Waals surface area contributed by atoms with Crippen molar-refractivity contribution in [1.29, 1.82) is 0 Å². The number of aliphatic hydroxyl groups excluding tert-OH is 1. The topological polar surface area (TPSA) is 81.2 Å². The fourth-order valence-corrected chi connectivity index (χ4v) is 0.341. The van der Waals surface area contributed by atoms with Crippen LogP contribution in [0, 0.1) is 0 Å². The molecule has 2 unspecified atom stereocenters. The van der Waals surface area contributed by atoms with Crippen LogP contribution in [-0.4, -0.2) is 17.3 Å². The summed E-state index contributed by atoms with van der Waals surface area (Å²) in [5.74, 6) is 0. The zero-order chi connectivity index (χ0) is 5.86. The quantitative estimate of drug-likeness (QED) is 0.489. The highest BCUT2D eigenvalue weighted by atomic mass is 16.3. The monoisotopic (exact) mass is 120 g/mol. The highest BCUT2D eigenvalue weighted by molar-refractivity contribution is 4.63. The van der Waals surface area contributed by atoms with Crippen LogP contribution in [0.15, 0.2) is 0 Å². The first-order chi connectivity index (χ1) is 3.18. The lowest BCUT2D eigenvalue weighted by atomic mass is 10.1. The molecule has 2 atom stereocenters. The van der Waals surface area contributed by atoms with Gasteiger partial charge in [-0.25, -0.2) is 0 Å². The Morgan fingerprint density at radius 2 is 2.00 bits per heavy atom. The van der Waals surface area contributed by atoms with Gasteiger partial charge in [0.05, 0.1) is 6.10 Å². The minimum atomic E-state index is -0.356. The summed E-state index contributed by atoms with van der Waals surface area (Å²) in [5.41, 5.74) is 5.37. The minimum Gasteiger partial charge on any atom is -0.392 e. The van der Waals surface area contributed by atoms with E-state index < -0.39 is 0 Å². The van der Waals surface area contributed by atoms with Crippen LogP contribution in [0.2, 0.25) is 0 Å². The van der Waals surface area contributed by atoms with Crippen molar-refractivity contribution in [3.63, 3.8) is 0 Å². The molecule has 0 aliphatic carbocycles. The van der Waals surface area contributed by atoms with E-state index in [1.807, 2.05) is 6.92 Å². The zero-order valence-electron chi connectivity index (χ0n) is 5.59. The van der Waals surface area contributed by atoms with Gasteiger partial charge in [-0.3, -0.25) is 0 Å². The summed E-state index contributed by atoms with van der Waals surface area (Å²) < 4.78 is 0. The molecule has 0 aliphatic rings. The molecule has 0 saturated heterocycles. The van der Waals surface area contributed by atoms with Crippen LogP contribution in [0.25, 0.3) is 0 Å². The van der Waals surface area contributed by atoms with Crippen LogP contribution in [-0.2, 0) is 0 Å². The zero-order valence-corrected chi connectivity index (χ0v) is 5.59. The van der Waals surface area contributed by atoms with Crippen LogP contribution in [0.1, 0.15) is 20.3 Å². The third kappa shape index (κ3) is 4.05. The second-order valence-electron chi connectivity index (χ2n) is 1.81. The predicted octanol–water partition coefficient (Wildman–Crippen LogP) is 0.266. The number of aliphatic hydroxyl groups is 1. The van der Waals surface area contributed by atoms with Gasteiger partial charge >= 0.3 is 0 Å². The number of hydrogen-bond acceptors (Lipinski definition) is 3. The minimum absolute atomic E-state index is 0. The predicted molar refractivity (Wildman–Crippen MR) is 35.0 cm³/mol. The Morgan fingerprint density at radius 3 is 2.00 bits per heavy atom. The van der Waals surface area contributed by atoms with E-state index in [1.165, 1.54) is 0 Å². The molecule has 0 aromatic carbocycles. The van der Waals surface area contributed by atoms with Crippen molar-refractivity contribution in [2.45, 2.75) is 32.4 Å². The van der Waals surface area contributed by atoms with E-state index in [-0.39, 0.29) is 18.3 Å². The van der Waals surface area contributed by atoms with Gasteiger partial charge in [0, 0.05) is 6.04 Å². The fourth-order valence-electron chi connectivity index (χ4n) is 0.341. The Kier molecular flexibility index (Phi) is 6.78. The molecule has 52 valence electrons. The van der Waals surface area contributed by atoms with Crippen molar-refractivity contribution in [3.8, 4) is 0 Å². The fraction of sp³-hybridized carbons (Fsp3) is 1.00. The molecule has 0 fully saturated rings. The standard InChI is InChI=1S/C5H13NO.H3N/c1-3-5(6)4(2)7;/h4-5,7H,3,6H2,1-2H3;1H3. The summed E-state index contributed by atoms with van der Waals surface area (Å²) in [6.07, 6.45) is 0.488. The maximum atomic E-state index is 8.70. The Morgan fingerprint density at radius 1 is 1.62 bits per heavy atom. The Hall–Kier alpha value is -0.120. The van der Waals surface area contributed by atoms with Gasteiger partial charge in [0.1, 0.15) is 0 Å². The molecule has 3 nitrogen and oxygen atoms in total. The summed E-state index contributed by atoms with van der Waals surface area (Å²) in [5, 5.41) is 8.70. The van der Waals surface area contributed by atoms with Crippen molar-refractivity contribution in [1.82, 2.24) is 6.15 Å². The Bertz CT molecular complexity index is 47.7. The average molecular weight is 120 g/mol. The van der Waals surface area contributed by atoms with Crippen LogP contribution in [0.3, 0.4) is 0 Å². The first-order valence-electron chi connectivity index (χ1n) is 2.62. The molecule has 0 bridgehead atoms. The van der Waals surface area contributed by atoms with Gasteiger partial charge in [0.25, 0.3) is 0 Å². The largest absolute Gasteiger partial charge is 0.392 e. The normalized spacial score (nSPS) is 16.5. The molecule has 0 amide bonds. The van der Waals surface area contributed by atoms with Gasteiger partial charge in [0.15, 0.2) is 0 Å². The molecule has 0 aromatic heterocycles. The van der Waals surface area contributed by atoms with Crippen LogP contribution < -0.4 is 11.9 Å². The number of rotatable bonds is 2. The number of hydrogen-bond donors (Lipinski definition) is 3. The summed E-state index contributed by atoms with van der Waals surface area (Å²) in [4.78, 5) is 0. The summed E-state index contributed by atoms with van der Waals surface area (Å²) in [6, 6.07) is -0.0417. The van der Waals surface area contributed by atoms with E-state index in [1.54, 1.807) is 6.92 Å². The Labute approximate surface area is 50.5 Å². The smallest absolute Gasteiger partial charge is 0.0662 e. The van der Waals surface area contributed by atoms with E-state index in [9.17, 15) is 0 Å². The molecule has 0 radical (unpaired) electrons. The van der Waals surface area contributed by atoms with E-state index in [0.717, 1.165) is 6.42 Å². The molecule has 6 N–H and O–H groups in total. The lowest BCUT2D eigenvalue weighted by molar-refractivity contribution is 0.161. The molecule has 0 spiro atoms. The van der Waals surface area contributed by atoms with Crippen molar-refractivity contribution < 1.29 is 5.11 Å². The van der Waals surface area contributed by atoms with E-state index >= 15 is 0 Å². The molecule has 0 aliphatic heterocycles. The number of nitrogens with two attached hydrogens (primary N) is 1. The van der Waals surface area contributed by atoms with Crippen LogP contribution >= 0.6 is 0 Å². The van der Waals surface area contributed by atoms with Crippen molar-refractivity contribution in [3.05, 3.63) is 0 Å². The van der Waals surface area contributed by atoms with Gasteiger partial charge in [-0.1, -0.05) is 6.92 Å². The van der Waals surface area contributed by atoms with Crippen molar-refractivity contribution >= 4 is 0 Å². The molecule has 8 heavy (non-hydrogen) atoms. The molecular weight excluding hydrogens is 104 g/mol. The molecule has 0 aromatic rings. The first-order valence-corrected chi connectivity index (χ1v) is 2.62. The molecule has 0 heterocycles. The summed E-state index contributed by atoms with van der Waals surface area (Å²) in [6.45, 7) is 3.66. The SMILES string of the molecule is CCC(N)C(C)O.N. The lowest BCUT2D eigenvalue weighted by Gasteiger charge is -2.09. The first kappa shape index (κ1) is 10.8. The van der Waals surface area contributed by atoms with Gasteiger partial charge in [-0.15, -0.1) is 0 Å². The van der Waals surface area contributed by atoms with E-state index in [4.69, 9.17) is 10.8 Å². The molecule has 0 saturated carbocycles. The summed E-state index contributed by atoms with van der Waals surface area (Å²) >= 11 is 0. The highest BCUT2D eigenvalue weighted by Gasteiger charge is 2.03. The highest BCUT2D eigenvalue weighted by Crippen LogP contribution is 1.91. The third-order valence-electron chi connectivity index (χ3n) is 1.09. The second-order valence-corrected chi connectivity index (χ2v) is 1.81.